The van der Waals surface area contributed by atoms with E-state index in [1.165, 1.54) is 17.3 Å². The number of halogens is 1. The Balaban J connectivity index is 1.13. The molecule has 0 radical (unpaired) electrons. The number of piperidine rings is 1. The highest BCUT2D eigenvalue weighted by Gasteiger charge is 2.40. The van der Waals surface area contributed by atoms with E-state index in [1.807, 2.05) is 83.8 Å². The average molecular weight is 675 g/mol. The molecule has 0 saturated carbocycles. The van der Waals surface area contributed by atoms with Gasteiger partial charge in [-0.25, -0.2) is 9.97 Å². The van der Waals surface area contributed by atoms with Crippen molar-refractivity contribution in [2.45, 2.75) is 49.1 Å². The Labute approximate surface area is 292 Å². The molecule has 6 nitrogen and oxygen atoms in total. The molecule has 0 aliphatic carbocycles. The van der Waals surface area contributed by atoms with Crippen LogP contribution in [-0.4, -0.2) is 46.2 Å². The zero-order valence-corrected chi connectivity index (χ0v) is 28.7. The van der Waals surface area contributed by atoms with Crippen molar-refractivity contribution in [3.63, 3.8) is 0 Å². The number of nitrogens with zero attached hydrogens (tertiary/aromatic N) is 4. The van der Waals surface area contributed by atoms with Gasteiger partial charge in [0.25, 0.3) is 5.91 Å². The zero-order chi connectivity index (χ0) is 33.3. The highest BCUT2D eigenvalue weighted by Crippen LogP contribution is 2.38. The number of hydrogen-bond donors (Lipinski definition) is 0. The SMILES string of the molecule is CC(=O)C1(c2ccccc2)CCN(c2cc(Cl)nc(SCc3cccc(C(=O)N(CCc4ccccc4)Cc4ccccc4)c3)n2)CC1. The van der Waals surface area contributed by atoms with Crippen molar-refractivity contribution < 1.29 is 9.59 Å². The molecule has 5 aromatic rings. The van der Waals surface area contributed by atoms with E-state index >= 15 is 0 Å². The number of anilines is 1. The van der Waals surface area contributed by atoms with E-state index < -0.39 is 5.41 Å². The normalized spacial score (nSPS) is 14.0. The number of carbonyl (C=O) groups excluding carboxylic acids is 2. The molecule has 8 heteroatoms. The molecule has 2 heterocycles. The number of Topliss-reactive ketones (excluding diaryl/α,β-unsaturated/α-hetero) is 1. The first-order valence-electron chi connectivity index (χ1n) is 16.3. The molecule has 1 saturated heterocycles. The smallest absolute Gasteiger partial charge is 0.254 e. The molecule has 0 spiro atoms. The van der Waals surface area contributed by atoms with Gasteiger partial charge >= 0.3 is 0 Å². The molecule has 4 aromatic carbocycles. The fraction of sp³-hybridized carbons (Fsp3) is 0.250. The van der Waals surface area contributed by atoms with Crippen LogP contribution >= 0.6 is 23.4 Å². The van der Waals surface area contributed by atoms with Crippen LogP contribution in [0.2, 0.25) is 5.15 Å². The van der Waals surface area contributed by atoms with Crippen LogP contribution in [0.3, 0.4) is 0 Å². The van der Waals surface area contributed by atoms with Gasteiger partial charge in [-0.2, -0.15) is 0 Å². The number of amides is 1. The fourth-order valence-corrected chi connectivity index (χ4v) is 7.44. The highest BCUT2D eigenvalue weighted by molar-refractivity contribution is 7.98. The van der Waals surface area contributed by atoms with E-state index in [0.29, 0.717) is 60.6 Å². The number of benzene rings is 4. The number of ketones is 1. The minimum atomic E-state index is -0.479. The maximum Gasteiger partial charge on any atom is 0.254 e. The molecule has 1 aromatic heterocycles. The van der Waals surface area contributed by atoms with E-state index in [1.54, 1.807) is 13.0 Å². The Morgan fingerprint density at radius 2 is 1.42 bits per heavy atom. The fourth-order valence-electron chi connectivity index (χ4n) is 6.42. The van der Waals surface area contributed by atoms with Crippen molar-refractivity contribution in [3.8, 4) is 0 Å². The number of hydrogen-bond acceptors (Lipinski definition) is 6. The van der Waals surface area contributed by atoms with Gasteiger partial charge in [-0.1, -0.05) is 126 Å². The molecular formula is C40H39ClN4O2S. The number of thioether (sulfide) groups is 1. The van der Waals surface area contributed by atoms with Gasteiger partial charge in [-0.05, 0) is 60.6 Å². The number of rotatable bonds is 12. The summed E-state index contributed by atoms with van der Waals surface area (Å²) in [5.74, 6) is 1.56. The van der Waals surface area contributed by atoms with Gasteiger partial charge < -0.3 is 9.80 Å². The van der Waals surface area contributed by atoms with Gasteiger partial charge in [0.05, 0.1) is 5.41 Å². The third-order valence-corrected chi connectivity index (χ3v) is 10.3. The Morgan fingerprint density at radius 3 is 2.08 bits per heavy atom. The van der Waals surface area contributed by atoms with Crippen LogP contribution < -0.4 is 4.90 Å². The van der Waals surface area contributed by atoms with Crippen molar-refractivity contribution in [3.05, 3.63) is 154 Å². The summed E-state index contributed by atoms with van der Waals surface area (Å²) in [4.78, 5) is 40.2. The number of aromatic nitrogens is 2. The van der Waals surface area contributed by atoms with Crippen LogP contribution in [0.1, 0.15) is 52.4 Å². The van der Waals surface area contributed by atoms with Crippen LogP contribution in [0.4, 0.5) is 5.82 Å². The number of carbonyl (C=O) groups is 2. The second-order valence-electron chi connectivity index (χ2n) is 12.3. The van der Waals surface area contributed by atoms with Crippen LogP contribution in [0.5, 0.6) is 0 Å². The maximum absolute atomic E-state index is 13.9. The average Bonchev–Trinajstić information content (AvgIpc) is 3.13. The van der Waals surface area contributed by atoms with Gasteiger partial charge in [0.1, 0.15) is 16.8 Å². The molecular weight excluding hydrogens is 636 g/mol. The minimum Gasteiger partial charge on any atom is -0.356 e. The standard InChI is InChI=1S/C40H39ClN4O2S/c1-30(46)40(35-18-9-4-10-19-35)21-24-44(25-22-40)37-27-36(41)42-39(43-37)48-29-33-16-11-17-34(26-33)38(47)45(28-32-14-7-3-8-15-32)23-20-31-12-5-2-6-13-31/h2-19,26-27H,20-25,28-29H2,1H3. The third kappa shape index (κ3) is 8.15. The molecule has 1 aliphatic heterocycles. The summed E-state index contributed by atoms with van der Waals surface area (Å²) in [6, 6.07) is 40.1. The monoisotopic (exact) mass is 674 g/mol. The first kappa shape index (κ1) is 33.4. The molecule has 0 bridgehead atoms. The lowest BCUT2D eigenvalue weighted by Gasteiger charge is -2.41. The zero-order valence-electron chi connectivity index (χ0n) is 27.1. The predicted molar refractivity (Wildman–Crippen MR) is 195 cm³/mol. The van der Waals surface area contributed by atoms with E-state index in [4.69, 9.17) is 16.6 Å². The lowest BCUT2D eigenvalue weighted by atomic mass is 9.70. The summed E-state index contributed by atoms with van der Waals surface area (Å²) in [5, 5.41) is 0.960. The Bertz CT molecular complexity index is 1830. The Morgan fingerprint density at radius 1 is 0.792 bits per heavy atom. The van der Waals surface area contributed by atoms with Crippen LogP contribution in [0.25, 0.3) is 0 Å². The first-order chi connectivity index (χ1) is 23.4. The van der Waals surface area contributed by atoms with E-state index in [0.717, 1.165) is 28.9 Å². The second kappa shape index (κ2) is 15.6. The van der Waals surface area contributed by atoms with Crippen molar-refractivity contribution in [1.82, 2.24) is 14.9 Å². The largest absolute Gasteiger partial charge is 0.356 e. The van der Waals surface area contributed by atoms with Crippen LogP contribution in [0, 0.1) is 0 Å². The lowest BCUT2D eigenvalue weighted by Crippen LogP contribution is -2.47. The molecule has 1 amide bonds. The third-order valence-electron chi connectivity index (χ3n) is 9.16. The maximum atomic E-state index is 13.9. The van der Waals surface area contributed by atoms with E-state index in [-0.39, 0.29) is 11.7 Å². The molecule has 1 aliphatic rings. The van der Waals surface area contributed by atoms with E-state index in [2.05, 4.69) is 46.3 Å². The van der Waals surface area contributed by atoms with Gasteiger partial charge in [-0.3, -0.25) is 9.59 Å². The minimum absolute atomic E-state index is 0.00478. The molecule has 244 valence electrons. The van der Waals surface area contributed by atoms with Gasteiger partial charge in [0.2, 0.25) is 0 Å². The summed E-state index contributed by atoms with van der Waals surface area (Å²) in [6.45, 7) is 4.25. The van der Waals surface area contributed by atoms with Crippen molar-refractivity contribution in [2.75, 3.05) is 24.5 Å². The Hall–Kier alpha value is -4.46. The summed E-state index contributed by atoms with van der Waals surface area (Å²) >= 11 is 7.99. The van der Waals surface area contributed by atoms with Crippen LogP contribution in [-0.2, 0) is 28.9 Å². The highest BCUT2D eigenvalue weighted by atomic mass is 35.5. The molecule has 0 N–H and O–H groups in total. The van der Waals surface area contributed by atoms with Crippen LogP contribution in [0.15, 0.2) is 126 Å². The first-order valence-corrected chi connectivity index (χ1v) is 17.7. The van der Waals surface area contributed by atoms with Gasteiger partial charge in [-0.15, -0.1) is 0 Å². The molecule has 0 unspecified atom stereocenters. The lowest BCUT2D eigenvalue weighted by molar-refractivity contribution is -0.123. The van der Waals surface area contributed by atoms with E-state index in [9.17, 15) is 9.59 Å². The second-order valence-corrected chi connectivity index (χ2v) is 13.6. The van der Waals surface area contributed by atoms with Crippen molar-refractivity contribution in [1.29, 1.82) is 0 Å². The summed E-state index contributed by atoms with van der Waals surface area (Å²) in [5.41, 5.74) is 4.56. The molecule has 6 rings (SSSR count). The van der Waals surface area contributed by atoms with Gasteiger partial charge in [0, 0.05) is 43.6 Å². The molecule has 0 atom stereocenters. The van der Waals surface area contributed by atoms with Crippen molar-refractivity contribution in [2.24, 2.45) is 0 Å². The Kier molecular flexibility index (Phi) is 10.9. The predicted octanol–water partition coefficient (Wildman–Crippen LogP) is 8.43. The molecule has 1 fully saturated rings. The topological polar surface area (TPSA) is 66.4 Å². The van der Waals surface area contributed by atoms with Gasteiger partial charge in [0.15, 0.2) is 5.16 Å². The molecule has 48 heavy (non-hydrogen) atoms. The summed E-state index contributed by atoms with van der Waals surface area (Å²) < 4.78 is 0. The van der Waals surface area contributed by atoms with Crippen molar-refractivity contribution >= 4 is 40.9 Å². The summed E-state index contributed by atoms with van der Waals surface area (Å²) in [6.07, 6.45) is 2.20. The quantitative estimate of drug-likeness (QED) is 0.0752. The summed E-state index contributed by atoms with van der Waals surface area (Å²) in [7, 11) is 0.